The summed E-state index contributed by atoms with van der Waals surface area (Å²) in [6.45, 7) is 3.13. The maximum absolute atomic E-state index is 11.9. The highest BCUT2D eigenvalue weighted by Gasteiger charge is 2.35. The Labute approximate surface area is 146 Å². The molecule has 0 spiro atoms. The molecule has 0 aliphatic carbocycles. The summed E-state index contributed by atoms with van der Waals surface area (Å²) in [7, 11) is 0. The van der Waals surface area contributed by atoms with E-state index in [1.54, 1.807) is 13.8 Å². The van der Waals surface area contributed by atoms with Crippen molar-refractivity contribution in [3.63, 3.8) is 0 Å². The van der Waals surface area contributed by atoms with Crippen LogP contribution in [0.2, 0.25) is 0 Å². The van der Waals surface area contributed by atoms with Crippen molar-refractivity contribution in [2.45, 2.75) is 30.8 Å². The summed E-state index contributed by atoms with van der Waals surface area (Å²) in [5.41, 5.74) is 2.26. The molecule has 4 heteroatoms. The molecular weight excluding hydrogens is 324 g/mol. The highest BCUT2D eigenvalue weighted by Crippen LogP contribution is 2.43. The Morgan fingerprint density at radius 2 is 1.09 bits per heavy atom. The molecule has 0 N–H and O–H groups in total. The van der Waals surface area contributed by atoms with Gasteiger partial charge in [-0.1, -0.05) is 84.2 Å². The summed E-state index contributed by atoms with van der Waals surface area (Å²) >= 11 is 2.54. The Balaban J connectivity index is 2.36. The van der Waals surface area contributed by atoms with Gasteiger partial charge in [-0.3, -0.25) is 9.59 Å². The van der Waals surface area contributed by atoms with Gasteiger partial charge < -0.3 is 0 Å². The molecule has 0 radical (unpaired) electrons. The summed E-state index contributed by atoms with van der Waals surface area (Å²) in [5, 5.41) is 0.0659. The second-order valence-corrected chi connectivity index (χ2v) is 8.80. The van der Waals surface area contributed by atoms with E-state index < -0.39 is 4.08 Å². The molecule has 2 nitrogen and oxygen atoms in total. The van der Waals surface area contributed by atoms with Crippen LogP contribution >= 0.6 is 23.5 Å². The first-order valence-corrected chi connectivity index (χ1v) is 9.09. The van der Waals surface area contributed by atoms with Crippen LogP contribution in [0, 0.1) is 0 Å². The average Bonchev–Trinajstić information content (AvgIpc) is 2.47. The Morgan fingerprint density at radius 1 is 0.739 bits per heavy atom. The Bertz CT molecular complexity index is 594. The predicted molar refractivity (Wildman–Crippen MR) is 99.6 cm³/mol. The number of rotatable bonds is 6. The van der Waals surface area contributed by atoms with Crippen LogP contribution < -0.4 is 0 Å². The smallest absolute Gasteiger partial charge is 0.187 e. The summed E-state index contributed by atoms with van der Waals surface area (Å²) in [4.78, 5) is 23.7. The van der Waals surface area contributed by atoms with Crippen LogP contribution in [0.25, 0.3) is 0 Å². The molecule has 120 valence electrons. The number of benzene rings is 2. The van der Waals surface area contributed by atoms with Crippen LogP contribution in [0.1, 0.15) is 25.0 Å². The summed E-state index contributed by atoms with van der Waals surface area (Å²) in [6.07, 6.45) is 1.33. The lowest BCUT2D eigenvalue weighted by Gasteiger charge is -2.31. The van der Waals surface area contributed by atoms with Crippen molar-refractivity contribution in [1.29, 1.82) is 0 Å². The first-order chi connectivity index (χ1) is 11.0. The molecule has 2 aromatic rings. The fourth-order valence-electron chi connectivity index (χ4n) is 2.57. The van der Waals surface area contributed by atoms with Crippen LogP contribution in [-0.4, -0.2) is 14.3 Å². The van der Waals surface area contributed by atoms with Crippen molar-refractivity contribution in [2.24, 2.45) is 0 Å². The summed E-state index contributed by atoms with van der Waals surface area (Å²) < 4.78 is -0.514. The normalized spacial score (nSPS) is 11.2. The van der Waals surface area contributed by atoms with Gasteiger partial charge >= 0.3 is 0 Å². The minimum Gasteiger partial charge on any atom is -0.287 e. The zero-order valence-electron chi connectivity index (χ0n) is 13.3. The van der Waals surface area contributed by atoms with E-state index in [0.717, 1.165) is 11.1 Å². The predicted octanol–water partition coefficient (Wildman–Crippen LogP) is 4.73. The Hall–Kier alpha value is -1.52. The van der Waals surface area contributed by atoms with Crippen LogP contribution in [0.15, 0.2) is 60.7 Å². The van der Waals surface area contributed by atoms with Gasteiger partial charge in [0.05, 0.1) is 4.08 Å². The van der Waals surface area contributed by atoms with Crippen molar-refractivity contribution in [2.75, 3.05) is 0 Å². The third-order valence-corrected chi connectivity index (χ3v) is 5.69. The molecule has 23 heavy (non-hydrogen) atoms. The van der Waals surface area contributed by atoms with Gasteiger partial charge in [0.15, 0.2) is 10.2 Å². The number of thioether (sulfide) groups is 2. The first-order valence-electron chi connectivity index (χ1n) is 7.46. The lowest BCUT2D eigenvalue weighted by Crippen LogP contribution is -2.29. The molecule has 0 heterocycles. The fourth-order valence-corrected chi connectivity index (χ4v) is 5.44. The topological polar surface area (TPSA) is 34.1 Å². The van der Waals surface area contributed by atoms with Gasteiger partial charge in [-0.15, -0.1) is 0 Å². The molecular formula is C19H20O2S2. The SMILES string of the molecule is CC(=O)SC(Cc1ccccc1)(Cc1ccccc1)SC(C)=O. The summed E-state index contributed by atoms with van der Waals surface area (Å²) in [6, 6.07) is 20.1. The van der Waals surface area contributed by atoms with Crippen molar-refractivity contribution in [3.8, 4) is 0 Å². The van der Waals surface area contributed by atoms with Gasteiger partial charge in [0.2, 0.25) is 0 Å². The third kappa shape index (κ3) is 5.88. The molecule has 0 aromatic heterocycles. The lowest BCUT2D eigenvalue weighted by atomic mass is 10.0. The molecule has 2 rings (SSSR count). The van der Waals surface area contributed by atoms with Gasteiger partial charge in [-0.25, -0.2) is 0 Å². The van der Waals surface area contributed by atoms with Gasteiger partial charge in [-0.2, -0.15) is 0 Å². The molecule has 0 bridgehead atoms. The standard InChI is InChI=1S/C19H20O2S2/c1-15(20)22-19(23-16(2)21,13-17-9-5-3-6-10-17)14-18-11-7-4-8-12-18/h3-12H,13-14H2,1-2H3. The molecule has 0 aliphatic heterocycles. The minimum atomic E-state index is -0.514. The number of carbonyl (C=O) groups excluding carboxylic acids is 2. The quantitative estimate of drug-likeness (QED) is 0.710. The number of hydrogen-bond donors (Lipinski definition) is 0. The molecule has 0 saturated carbocycles. The first kappa shape index (κ1) is 17.8. The molecule has 0 amide bonds. The van der Waals surface area contributed by atoms with E-state index >= 15 is 0 Å². The minimum absolute atomic E-state index is 0.0330. The number of hydrogen-bond acceptors (Lipinski definition) is 4. The highest BCUT2D eigenvalue weighted by atomic mass is 32.2. The largest absolute Gasteiger partial charge is 0.287 e. The maximum atomic E-state index is 11.9. The third-order valence-electron chi connectivity index (χ3n) is 3.29. The summed E-state index contributed by atoms with van der Waals surface area (Å²) in [5.74, 6) is 0. The molecule has 0 fully saturated rings. The van der Waals surface area contributed by atoms with E-state index in [1.165, 1.54) is 23.5 Å². The molecule has 0 aliphatic rings. The second kappa shape index (κ2) is 8.37. The van der Waals surface area contributed by atoms with E-state index in [9.17, 15) is 9.59 Å². The highest BCUT2D eigenvalue weighted by molar-refractivity contribution is 8.30. The van der Waals surface area contributed by atoms with E-state index in [4.69, 9.17) is 0 Å². The van der Waals surface area contributed by atoms with Gasteiger partial charge in [0, 0.05) is 13.8 Å². The van der Waals surface area contributed by atoms with Crippen LogP contribution in [0.5, 0.6) is 0 Å². The second-order valence-electron chi connectivity index (χ2n) is 5.42. The van der Waals surface area contributed by atoms with Crippen LogP contribution in [-0.2, 0) is 22.4 Å². The average molecular weight is 345 g/mol. The van der Waals surface area contributed by atoms with Crippen molar-refractivity contribution in [1.82, 2.24) is 0 Å². The van der Waals surface area contributed by atoms with E-state index in [1.807, 2.05) is 60.7 Å². The fraction of sp³-hybridized carbons (Fsp3) is 0.263. The van der Waals surface area contributed by atoms with E-state index in [-0.39, 0.29) is 10.2 Å². The monoisotopic (exact) mass is 344 g/mol. The van der Waals surface area contributed by atoms with Crippen LogP contribution in [0.3, 0.4) is 0 Å². The van der Waals surface area contributed by atoms with E-state index in [0.29, 0.717) is 12.8 Å². The van der Waals surface area contributed by atoms with E-state index in [2.05, 4.69) is 0 Å². The van der Waals surface area contributed by atoms with Gasteiger partial charge in [0.1, 0.15) is 0 Å². The Kier molecular flexibility index (Phi) is 6.48. The lowest BCUT2D eigenvalue weighted by molar-refractivity contribution is -0.109. The van der Waals surface area contributed by atoms with Crippen molar-refractivity contribution in [3.05, 3.63) is 71.8 Å². The molecule has 0 saturated heterocycles. The number of carbonyl (C=O) groups is 2. The molecule has 0 unspecified atom stereocenters. The molecule has 0 atom stereocenters. The van der Waals surface area contributed by atoms with Gasteiger partial charge in [0.25, 0.3) is 0 Å². The van der Waals surface area contributed by atoms with Crippen LogP contribution in [0.4, 0.5) is 0 Å². The Morgan fingerprint density at radius 3 is 1.39 bits per heavy atom. The zero-order chi connectivity index (χ0) is 16.7. The molecule has 2 aromatic carbocycles. The van der Waals surface area contributed by atoms with Crippen molar-refractivity contribution >= 4 is 33.8 Å². The van der Waals surface area contributed by atoms with Crippen molar-refractivity contribution < 1.29 is 9.59 Å². The maximum Gasteiger partial charge on any atom is 0.187 e. The van der Waals surface area contributed by atoms with Gasteiger partial charge in [-0.05, 0) is 24.0 Å². The zero-order valence-corrected chi connectivity index (χ0v) is 15.0.